The quantitative estimate of drug-likeness (QED) is 0.809. The van der Waals surface area contributed by atoms with Gasteiger partial charge in [-0.15, -0.1) is 0 Å². The Balaban J connectivity index is 2.79. The lowest BCUT2D eigenvalue weighted by molar-refractivity contribution is 0.0690. The lowest BCUT2D eigenvalue weighted by Gasteiger charge is -2.12. The number of rotatable bonds is 5. The lowest BCUT2D eigenvalue weighted by atomic mass is 10.1. The van der Waals surface area contributed by atoms with Gasteiger partial charge in [0, 0.05) is 12.7 Å². The van der Waals surface area contributed by atoms with E-state index in [4.69, 9.17) is 9.84 Å². The number of aromatic nitrogens is 1. The van der Waals surface area contributed by atoms with Gasteiger partial charge in [-0.1, -0.05) is 0 Å². The predicted molar refractivity (Wildman–Crippen MR) is 60.0 cm³/mol. The molecule has 1 aromatic rings. The van der Waals surface area contributed by atoms with Crippen molar-refractivity contribution in [3.63, 3.8) is 0 Å². The van der Waals surface area contributed by atoms with Crippen molar-refractivity contribution in [2.45, 2.75) is 6.92 Å². The van der Waals surface area contributed by atoms with Crippen LogP contribution in [0, 0.1) is 6.92 Å². The molecule has 0 aliphatic carbocycles. The number of aromatic carboxylic acids is 1. The maximum Gasteiger partial charge on any atom is 0.341 e. The Morgan fingerprint density at radius 3 is 2.81 bits per heavy atom. The molecule has 1 rings (SSSR count). The second kappa shape index (κ2) is 5.46. The largest absolute Gasteiger partial charge is 0.477 e. The summed E-state index contributed by atoms with van der Waals surface area (Å²) >= 11 is 0. The minimum absolute atomic E-state index is 0.140. The number of ether oxygens (including phenoxy) is 1. The monoisotopic (exact) mass is 224 g/mol. The highest BCUT2D eigenvalue weighted by atomic mass is 16.5. The minimum atomic E-state index is -1.01. The number of pyridine rings is 1. The van der Waals surface area contributed by atoms with Crippen LogP contribution < -0.4 is 4.74 Å². The summed E-state index contributed by atoms with van der Waals surface area (Å²) in [6, 6.07) is 1.66. The molecule has 88 valence electrons. The second-order valence-electron chi connectivity index (χ2n) is 3.76. The van der Waals surface area contributed by atoms with Crippen LogP contribution in [0.3, 0.4) is 0 Å². The van der Waals surface area contributed by atoms with E-state index in [1.807, 2.05) is 19.0 Å². The third kappa shape index (κ3) is 3.20. The fourth-order valence-corrected chi connectivity index (χ4v) is 1.23. The molecule has 0 amide bonds. The summed E-state index contributed by atoms with van der Waals surface area (Å²) in [5, 5.41) is 9.02. The Kier molecular flexibility index (Phi) is 4.25. The Labute approximate surface area is 94.7 Å². The molecular formula is C11H16N2O3. The lowest BCUT2D eigenvalue weighted by Crippen LogP contribution is -2.20. The second-order valence-corrected chi connectivity index (χ2v) is 3.76. The highest BCUT2D eigenvalue weighted by Crippen LogP contribution is 2.18. The van der Waals surface area contributed by atoms with Gasteiger partial charge in [0.1, 0.15) is 12.2 Å². The molecule has 0 saturated carbocycles. The first-order valence-electron chi connectivity index (χ1n) is 4.98. The summed E-state index contributed by atoms with van der Waals surface area (Å²) in [5.74, 6) is -0.820. The summed E-state index contributed by atoms with van der Waals surface area (Å²) in [5.41, 5.74) is 0.795. The topological polar surface area (TPSA) is 62.7 Å². The summed E-state index contributed by atoms with van der Waals surface area (Å²) < 4.78 is 5.36. The Morgan fingerprint density at radius 2 is 2.25 bits per heavy atom. The number of hydrogen-bond donors (Lipinski definition) is 1. The standard InChI is InChI=1S/C11H16N2O3/c1-8-4-5-12-10(9(8)11(14)15)16-7-6-13(2)3/h4-5H,6-7H2,1-3H3,(H,14,15). The third-order valence-corrected chi connectivity index (χ3v) is 2.12. The molecule has 0 unspecified atom stereocenters. The number of nitrogens with zero attached hydrogens (tertiary/aromatic N) is 2. The molecule has 0 saturated heterocycles. The summed E-state index contributed by atoms with van der Waals surface area (Å²) in [7, 11) is 3.84. The number of carboxylic acids is 1. The maximum atomic E-state index is 11.0. The fourth-order valence-electron chi connectivity index (χ4n) is 1.23. The van der Waals surface area contributed by atoms with E-state index in [2.05, 4.69) is 4.98 Å². The highest BCUT2D eigenvalue weighted by Gasteiger charge is 2.15. The molecule has 1 aromatic heterocycles. The van der Waals surface area contributed by atoms with Crippen molar-refractivity contribution in [1.82, 2.24) is 9.88 Å². The number of aryl methyl sites for hydroxylation is 1. The maximum absolute atomic E-state index is 11.0. The van der Waals surface area contributed by atoms with E-state index in [-0.39, 0.29) is 11.4 Å². The molecule has 0 fully saturated rings. The molecule has 1 heterocycles. The number of carbonyl (C=O) groups is 1. The van der Waals surface area contributed by atoms with Gasteiger partial charge in [0.05, 0.1) is 0 Å². The SMILES string of the molecule is Cc1ccnc(OCCN(C)C)c1C(=O)O. The first-order valence-corrected chi connectivity index (χ1v) is 4.98. The van der Waals surface area contributed by atoms with Crippen LogP contribution in [0.1, 0.15) is 15.9 Å². The first kappa shape index (κ1) is 12.4. The van der Waals surface area contributed by atoms with Gasteiger partial charge in [0.25, 0.3) is 0 Å². The molecule has 0 aliphatic rings. The van der Waals surface area contributed by atoms with Crippen LogP contribution >= 0.6 is 0 Å². The van der Waals surface area contributed by atoms with Crippen LogP contribution in [-0.4, -0.2) is 48.2 Å². The summed E-state index contributed by atoms with van der Waals surface area (Å²) in [6.45, 7) is 2.86. The molecular weight excluding hydrogens is 208 g/mol. The molecule has 0 spiro atoms. The van der Waals surface area contributed by atoms with Gasteiger partial charge >= 0.3 is 5.97 Å². The van der Waals surface area contributed by atoms with Crippen LogP contribution in [0.15, 0.2) is 12.3 Å². The Bertz CT molecular complexity index is 377. The number of likely N-dealkylation sites (N-methyl/N-ethyl adjacent to an activating group) is 1. The zero-order chi connectivity index (χ0) is 12.1. The van der Waals surface area contributed by atoms with Crippen molar-refractivity contribution >= 4 is 5.97 Å². The van der Waals surface area contributed by atoms with E-state index >= 15 is 0 Å². The average Bonchev–Trinajstić information content (AvgIpc) is 2.16. The summed E-state index contributed by atoms with van der Waals surface area (Å²) in [6.07, 6.45) is 1.55. The van der Waals surface area contributed by atoms with E-state index in [0.29, 0.717) is 18.7 Å². The normalized spacial score (nSPS) is 10.5. The van der Waals surface area contributed by atoms with Gasteiger partial charge in [-0.2, -0.15) is 0 Å². The van der Waals surface area contributed by atoms with E-state index in [1.54, 1.807) is 19.2 Å². The van der Waals surface area contributed by atoms with Crippen molar-refractivity contribution in [3.05, 3.63) is 23.4 Å². The minimum Gasteiger partial charge on any atom is -0.477 e. The molecule has 0 radical (unpaired) electrons. The van der Waals surface area contributed by atoms with E-state index in [1.165, 1.54) is 0 Å². The zero-order valence-electron chi connectivity index (χ0n) is 9.73. The van der Waals surface area contributed by atoms with Crippen LogP contribution in [0.5, 0.6) is 5.88 Å². The van der Waals surface area contributed by atoms with Crippen LogP contribution in [-0.2, 0) is 0 Å². The van der Waals surface area contributed by atoms with E-state index in [9.17, 15) is 4.79 Å². The van der Waals surface area contributed by atoms with Gasteiger partial charge in [0.2, 0.25) is 5.88 Å². The van der Waals surface area contributed by atoms with Crippen molar-refractivity contribution in [2.75, 3.05) is 27.2 Å². The van der Waals surface area contributed by atoms with Crippen molar-refractivity contribution < 1.29 is 14.6 Å². The van der Waals surface area contributed by atoms with Gasteiger partial charge in [-0.3, -0.25) is 0 Å². The van der Waals surface area contributed by atoms with Crippen molar-refractivity contribution in [3.8, 4) is 5.88 Å². The first-order chi connectivity index (χ1) is 7.52. The van der Waals surface area contributed by atoms with E-state index < -0.39 is 5.97 Å². The highest BCUT2D eigenvalue weighted by molar-refractivity contribution is 5.91. The Morgan fingerprint density at radius 1 is 1.56 bits per heavy atom. The molecule has 16 heavy (non-hydrogen) atoms. The van der Waals surface area contributed by atoms with E-state index in [0.717, 1.165) is 0 Å². The molecule has 5 nitrogen and oxygen atoms in total. The predicted octanol–water partition coefficient (Wildman–Crippen LogP) is 1.03. The van der Waals surface area contributed by atoms with Crippen molar-refractivity contribution in [1.29, 1.82) is 0 Å². The van der Waals surface area contributed by atoms with Crippen LogP contribution in [0.25, 0.3) is 0 Å². The molecule has 5 heteroatoms. The molecule has 0 atom stereocenters. The van der Waals surface area contributed by atoms with Gasteiger partial charge in [0.15, 0.2) is 0 Å². The van der Waals surface area contributed by atoms with Crippen molar-refractivity contribution in [2.24, 2.45) is 0 Å². The third-order valence-electron chi connectivity index (χ3n) is 2.12. The number of hydrogen-bond acceptors (Lipinski definition) is 4. The van der Waals surface area contributed by atoms with Gasteiger partial charge in [-0.05, 0) is 32.6 Å². The van der Waals surface area contributed by atoms with Crippen LogP contribution in [0.4, 0.5) is 0 Å². The molecule has 0 bridgehead atoms. The Hall–Kier alpha value is -1.62. The molecule has 1 N–H and O–H groups in total. The molecule has 0 aromatic carbocycles. The number of carboxylic acid groups (broad SMARTS) is 1. The molecule has 0 aliphatic heterocycles. The van der Waals surface area contributed by atoms with Crippen LogP contribution in [0.2, 0.25) is 0 Å². The fraction of sp³-hybridized carbons (Fsp3) is 0.455. The van der Waals surface area contributed by atoms with Gasteiger partial charge in [-0.25, -0.2) is 9.78 Å². The smallest absolute Gasteiger partial charge is 0.341 e. The average molecular weight is 224 g/mol. The zero-order valence-corrected chi connectivity index (χ0v) is 9.73. The van der Waals surface area contributed by atoms with Gasteiger partial charge < -0.3 is 14.7 Å². The summed E-state index contributed by atoms with van der Waals surface area (Å²) in [4.78, 5) is 16.9.